The third-order valence-corrected chi connectivity index (χ3v) is 3.71. The molecule has 3 heteroatoms. The Hall–Kier alpha value is -0.830. The van der Waals surface area contributed by atoms with E-state index in [1.807, 2.05) is 13.0 Å². The summed E-state index contributed by atoms with van der Waals surface area (Å²) in [6.45, 7) is 7.51. The van der Waals surface area contributed by atoms with Crippen molar-refractivity contribution >= 4 is 5.97 Å². The highest BCUT2D eigenvalue weighted by Crippen LogP contribution is 2.59. The van der Waals surface area contributed by atoms with Gasteiger partial charge in [-0.25, -0.2) is 0 Å². The quantitative estimate of drug-likeness (QED) is 0.604. The third-order valence-electron chi connectivity index (χ3n) is 3.71. The van der Waals surface area contributed by atoms with Crippen molar-refractivity contribution in [3.63, 3.8) is 0 Å². The maximum absolute atomic E-state index is 9.93. The molecule has 3 rings (SSSR count). The Morgan fingerprint density at radius 3 is 2.07 bits per heavy atom. The van der Waals surface area contributed by atoms with E-state index in [1.165, 1.54) is 6.42 Å². The lowest BCUT2D eigenvalue weighted by Crippen LogP contribution is -2.57. The van der Waals surface area contributed by atoms with Gasteiger partial charge in [-0.15, -0.1) is 0 Å². The van der Waals surface area contributed by atoms with Crippen molar-refractivity contribution in [3.8, 4) is 0 Å². The standard InChI is InChI=1S/C10H16O.C2H4O2/c1-9(2)7-4-5-10(3,11)8(9)6-7;1-2(3)4/h4-5,7-8,11H,6H2,1-3H3;1H3,(H,3,4). The van der Waals surface area contributed by atoms with E-state index in [2.05, 4.69) is 19.9 Å². The average molecular weight is 212 g/mol. The maximum atomic E-state index is 9.93. The molecule has 3 aliphatic rings. The number of hydrogen-bond donors (Lipinski definition) is 2. The molecule has 2 N–H and O–H groups in total. The summed E-state index contributed by atoms with van der Waals surface area (Å²) in [6, 6.07) is 0. The van der Waals surface area contributed by atoms with E-state index in [1.54, 1.807) is 0 Å². The van der Waals surface area contributed by atoms with Crippen LogP contribution in [0.4, 0.5) is 0 Å². The second kappa shape index (κ2) is 3.63. The minimum atomic E-state index is -0.833. The number of rotatable bonds is 0. The van der Waals surface area contributed by atoms with E-state index >= 15 is 0 Å². The van der Waals surface area contributed by atoms with Crippen LogP contribution in [0, 0.1) is 17.3 Å². The van der Waals surface area contributed by atoms with Gasteiger partial charge in [0, 0.05) is 6.92 Å². The van der Waals surface area contributed by atoms with Gasteiger partial charge in [0.25, 0.3) is 5.97 Å². The Balaban J connectivity index is 0.000000245. The predicted molar refractivity (Wildman–Crippen MR) is 58.5 cm³/mol. The van der Waals surface area contributed by atoms with Crippen LogP contribution in [0.5, 0.6) is 0 Å². The average Bonchev–Trinajstić information content (AvgIpc) is 2.00. The summed E-state index contributed by atoms with van der Waals surface area (Å²) in [5.74, 6) is 0.359. The molecule has 3 atom stereocenters. The molecule has 0 saturated heterocycles. The van der Waals surface area contributed by atoms with Crippen LogP contribution in [-0.2, 0) is 4.79 Å². The molecule has 0 aromatic heterocycles. The molecule has 0 aromatic rings. The second-order valence-electron chi connectivity index (χ2n) is 5.32. The molecule has 1 saturated carbocycles. The largest absolute Gasteiger partial charge is 0.481 e. The first-order chi connectivity index (χ1) is 6.68. The van der Waals surface area contributed by atoms with Crippen molar-refractivity contribution in [2.45, 2.75) is 39.7 Å². The Bertz CT molecular complexity index is 285. The first kappa shape index (κ1) is 12.2. The van der Waals surface area contributed by atoms with Crippen molar-refractivity contribution in [3.05, 3.63) is 12.2 Å². The Labute approximate surface area is 90.8 Å². The molecule has 3 aliphatic carbocycles. The maximum Gasteiger partial charge on any atom is 0.300 e. The first-order valence-corrected chi connectivity index (χ1v) is 5.29. The zero-order chi connectivity index (χ0) is 11.9. The van der Waals surface area contributed by atoms with E-state index in [0.717, 1.165) is 6.92 Å². The van der Waals surface area contributed by atoms with Gasteiger partial charge in [0.2, 0.25) is 0 Å². The molecule has 0 heterocycles. The highest BCUT2D eigenvalue weighted by molar-refractivity contribution is 5.62. The predicted octanol–water partition coefficient (Wildman–Crippen LogP) is 2.06. The number of carbonyl (C=O) groups is 1. The fraction of sp³-hybridized carbons (Fsp3) is 0.750. The molecule has 3 nitrogen and oxygen atoms in total. The summed E-state index contributed by atoms with van der Waals surface area (Å²) in [5.41, 5.74) is -0.212. The van der Waals surface area contributed by atoms with Gasteiger partial charge >= 0.3 is 0 Å². The van der Waals surface area contributed by atoms with Crippen LogP contribution in [0.1, 0.15) is 34.1 Å². The smallest absolute Gasteiger partial charge is 0.300 e. The number of carboxylic acid groups (broad SMARTS) is 1. The van der Waals surface area contributed by atoms with Gasteiger partial charge in [-0.05, 0) is 30.6 Å². The highest BCUT2D eigenvalue weighted by Gasteiger charge is 2.56. The van der Waals surface area contributed by atoms with Crippen LogP contribution in [0.25, 0.3) is 0 Å². The second-order valence-corrected chi connectivity index (χ2v) is 5.32. The molecule has 0 radical (unpaired) electrons. The number of carboxylic acids is 1. The van der Waals surface area contributed by atoms with Gasteiger partial charge in [0.05, 0.1) is 5.60 Å². The molecule has 0 aromatic carbocycles. The van der Waals surface area contributed by atoms with E-state index in [4.69, 9.17) is 9.90 Å². The molecular weight excluding hydrogens is 192 g/mol. The number of fused-ring (bicyclic) bond motifs is 1. The van der Waals surface area contributed by atoms with E-state index in [0.29, 0.717) is 17.3 Å². The van der Waals surface area contributed by atoms with Crippen molar-refractivity contribution < 1.29 is 15.0 Å². The van der Waals surface area contributed by atoms with Crippen LogP contribution in [-0.4, -0.2) is 21.8 Å². The van der Waals surface area contributed by atoms with Crippen LogP contribution < -0.4 is 0 Å². The molecule has 0 spiro atoms. The topological polar surface area (TPSA) is 57.5 Å². The van der Waals surface area contributed by atoms with E-state index in [9.17, 15) is 5.11 Å². The third kappa shape index (κ3) is 2.23. The summed E-state index contributed by atoms with van der Waals surface area (Å²) in [7, 11) is 0. The van der Waals surface area contributed by atoms with Gasteiger partial charge in [0.1, 0.15) is 0 Å². The zero-order valence-electron chi connectivity index (χ0n) is 9.82. The number of aliphatic carboxylic acids is 1. The summed E-state index contributed by atoms with van der Waals surface area (Å²) in [4.78, 5) is 9.00. The Morgan fingerprint density at radius 1 is 1.40 bits per heavy atom. The van der Waals surface area contributed by atoms with Crippen LogP contribution >= 0.6 is 0 Å². The summed E-state index contributed by atoms with van der Waals surface area (Å²) < 4.78 is 0. The summed E-state index contributed by atoms with van der Waals surface area (Å²) >= 11 is 0. The molecular formula is C12H20O3. The molecule has 0 aliphatic heterocycles. The van der Waals surface area contributed by atoms with Crippen LogP contribution in [0.2, 0.25) is 0 Å². The molecule has 0 amide bonds. The fourth-order valence-electron chi connectivity index (χ4n) is 2.70. The van der Waals surface area contributed by atoms with Gasteiger partial charge in [-0.1, -0.05) is 26.0 Å². The summed E-state index contributed by atoms with van der Waals surface area (Å²) in [5, 5.41) is 17.3. The van der Waals surface area contributed by atoms with Crippen molar-refractivity contribution in [2.24, 2.45) is 17.3 Å². The molecule has 86 valence electrons. The van der Waals surface area contributed by atoms with Gasteiger partial charge in [-0.3, -0.25) is 4.79 Å². The van der Waals surface area contributed by atoms with Crippen LogP contribution in [0.3, 0.4) is 0 Å². The molecule has 15 heavy (non-hydrogen) atoms. The minimum absolute atomic E-state index is 0.332. The lowest BCUT2D eigenvalue weighted by atomic mass is 9.47. The number of hydrogen-bond acceptors (Lipinski definition) is 2. The SMILES string of the molecule is CC(=O)O.CC1(O)C=CC2CC1C2(C)C. The van der Waals surface area contributed by atoms with Gasteiger partial charge in [-0.2, -0.15) is 0 Å². The molecule has 1 fully saturated rings. The van der Waals surface area contributed by atoms with Crippen molar-refractivity contribution in [2.75, 3.05) is 0 Å². The highest BCUT2D eigenvalue weighted by atomic mass is 16.4. The zero-order valence-corrected chi connectivity index (χ0v) is 9.82. The van der Waals surface area contributed by atoms with E-state index in [-0.39, 0.29) is 0 Å². The van der Waals surface area contributed by atoms with E-state index < -0.39 is 11.6 Å². The van der Waals surface area contributed by atoms with Crippen molar-refractivity contribution in [1.82, 2.24) is 0 Å². The lowest BCUT2D eigenvalue weighted by Gasteiger charge is -2.59. The lowest BCUT2D eigenvalue weighted by molar-refractivity contribution is -0.134. The summed E-state index contributed by atoms with van der Waals surface area (Å²) in [6.07, 6.45) is 5.33. The monoisotopic (exact) mass is 212 g/mol. The van der Waals surface area contributed by atoms with Crippen molar-refractivity contribution in [1.29, 1.82) is 0 Å². The number of allylic oxidation sites excluding steroid dienone is 1. The Morgan fingerprint density at radius 2 is 1.87 bits per heavy atom. The van der Waals surface area contributed by atoms with Gasteiger partial charge < -0.3 is 10.2 Å². The fourth-order valence-corrected chi connectivity index (χ4v) is 2.70. The molecule has 3 unspecified atom stereocenters. The minimum Gasteiger partial charge on any atom is -0.481 e. The number of aliphatic hydroxyl groups is 1. The first-order valence-electron chi connectivity index (χ1n) is 5.29. The molecule has 2 bridgehead atoms. The van der Waals surface area contributed by atoms with Gasteiger partial charge in [0.15, 0.2) is 0 Å². The van der Waals surface area contributed by atoms with Crippen LogP contribution in [0.15, 0.2) is 12.2 Å². The Kier molecular flexibility index (Phi) is 2.97. The normalized spacial score (nSPS) is 39.8.